The third-order valence-corrected chi connectivity index (χ3v) is 3.02. The van der Waals surface area contributed by atoms with Crippen molar-refractivity contribution in [2.75, 3.05) is 17.6 Å². The predicted octanol–water partition coefficient (Wildman–Crippen LogP) is 1.63. The van der Waals surface area contributed by atoms with Crippen molar-refractivity contribution in [2.24, 2.45) is 0 Å². The lowest BCUT2D eigenvalue weighted by molar-refractivity contribution is -0.118. The number of piperidine rings is 1. The summed E-state index contributed by atoms with van der Waals surface area (Å²) in [5, 5.41) is 5.58. The second-order valence-electron chi connectivity index (χ2n) is 4.31. The summed E-state index contributed by atoms with van der Waals surface area (Å²) < 4.78 is 26.1. The fraction of sp³-hybridized carbons (Fsp3) is 0.417. The van der Waals surface area contributed by atoms with Gasteiger partial charge in [0.05, 0.1) is 17.4 Å². The Balaban J connectivity index is 2.09. The fourth-order valence-corrected chi connectivity index (χ4v) is 1.97. The molecule has 1 amide bonds. The zero-order valence-electron chi connectivity index (χ0n) is 9.80. The van der Waals surface area contributed by atoms with Crippen LogP contribution in [0.2, 0.25) is 0 Å². The van der Waals surface area contributed by atoms with E-state index >= 15 is 0 Å². The van der Waals surface area contributed by atoms with E-state index in [0.29, 0.717) is 0 Å². The highest BCUT2D eigenvalue weighted by Gasteiger charge is 2.21. The number of carbonyl (C=O) groups is 1. The highest BCUT2D eigenvalue weighted by molar-refractivity contribution is 5.97. The summed E-state index contributed by atoms with van der Waals surface area (Å²) in [6.07, 6.45) is 2.74. The van der Waals surface area contributed by atoms with E-state index in [1.807, 2.05) is 0 Å². The molecule has 1 aliphatic heterocycles. The van der Waals surface area contributed by atoms with Crippen molar-refractivity contribution in [3.63, 3.8) is 0 Å². The van der Waals surface area contributed by atoms with Crippen LogP contribution in [-0.4, -0.2) is 18.5 Å². The zero-order chi connectivity index (χ0) is 13.1. The van der Waals surface area contributed by atoms with Gasteiger partial charge in [0.25, 0.3) is 0 Å². The molecule has 0 bridgehead atoms. The number of nitrogen functional groups attached to an aromatic ring is 1. The Morgan fingerprint density at radius 3 is 2.83 bits per heavy atom. The Kier molecular flexibility index (Phi) is 3.76. The van der Waals surface area contributed by atoms with Gasteiger partial charge in [-0.1, -0.05) is 6.42 Å². The molecule has 0 spiro atoms. The van der Waals surface area contributed by atoms with Gasteiger partial charge in [-0.15, -0.1) is 0 Å². The molecule has 1 saturated heterocycles. The third-order valence-electron chi connectivity index (χ3n) is 3.02. The summed E-state index contributed by atoms with van der Waals surface area (Å²) in [6.45, 7) is 0.783. The van der Waals surface area contributed by atoms with Crippen molar-refractivity contribution in [3.8, 4) is 0 Å². The highest BCUT2D eigenvalue weighted by atomic mass is 19.2. The third kappa shape index (κ3) is 2.59. The molecule has 1 aliphatic rings. The van der Waals surface area contributed by atoms with Gasteiger partial charge < -0.3 is 16.4 Å². The molecule has 98 valence electrons. The quantitative estimate of drug-likeness (QED) is 0.704. The summed E-state index contributed by atoms with van der Waals surface area (Å²) in [6, 6.07) is 1.90. The van der Waals surface area contributed by atoms with Crippen LogP contribution in [0.5, 0.6) is 0 Å². The van der Waals surface area contributed by atoms with E-state index in [-0.39, 0.29) is 23.3 Å². The highest BCUT2D eigenvalue weighted by Crippen LogP contribution is 2.24. The van der Waals surface area contributed by atoms with Crippen molar-refractivity contribution in [3.05, 3.63) is 23.8 Å². The van der Waals surface area contributed by atoms with E-state index < -0.39 is 11.6 Å². The molecule has 1 heterocycles. The maximum Gasteiger partial charge on any atom is 0.241 e. The Morgan fingerprint density at radius 2 is 2.17 bits per heavy atom. The number of benzene rings is 1. The maximum absolute atomic E-state index is 13.2. The average molecular weight is 255 g/mol. The van der Waals surface area contributed by atoms with Gasteiger partial charge in [0, 0.05) is 0 Å². The van der Waals surface area contributed by atoms with Crippen LogP contribution in [0.4, 0.5) is 20.2 Å². The number of rotatable bonds is 2. The minimum Gasteiger partial charge on any atom is -0.395 e. The van der Waals surface area contributed by atoms with Gasteiger partial charge in [-0.3, -0.25) is 4.79 Å². The lowest BCUT2D eigenvalue weighted by atomic mass is 10.0. The number of anilines is 2. The Hall–Kier alpha value is -1.69. The number of hydrogen-bond donors (Lipinski definition) is 3. The number of nitrogens with two attached hydrogens (primary N) is 1. The molecule has 1 unspecified atom stereocenters. The summed E-state index contributed by atoms with van der Waals surface area (Å²) >= 11 is 0. The Labute approximate surface area is 104 Å². The minimum atomic E-state index is -1.13. The SMILES string of the molecule is Nc1c(NC(=O)C2CCCCN2)ccc(F)c1F. The largest absolute Gasteiger partial charge is 0.395 e. The normalized spacial score (nSPS) is 19.6. The van der Waals surface area contributed by atoms with Gasteiger partial charge >= 0.3 is 0 Å². The van der Waals surface area contributed by atoms with E-state index in [1.165, 1.54) is 6.07 Å². The van der Waals surface area contributed by atoms with Gasteiger partial charge in [-0.05, 0) is 31.5 Å². The molecule has 1 aromatic carbocycles. The van der Waals surface area contributed by atoms with Gasteiger partial charge in [-0.2, -0.15) is 0 Å². The maximum atomic E-state index is 13.2. The van der Waals surface area contributed by atoms with E-state index in [9.17, 15) is 13.6 Å². The van der Waals surface area contributed by atoms with Crippen LogP contribution in [0.15, 0.2) is 12.1 Å². The molecule has 1 aromatic rings. The molecule has 0 aliphatic carbocycles. The van der Waals surface area contributed by atoms with Crippen molar-refractivity contribution < 1.29 is 13.6 Å². The number of halogens is 2. The van der Waals surface area contributed by atoms with Gasteiger partial charge in [0.1, 0.15) is 0 Å². The Morgan fingerprint density at radius 1 is 1.39 bits per heavy atom. The van der Waals surface area contributed by atoms with Crippen LogP contribution in [-0.2, 0) is 4.79 Å². The first-order valence-corrected chi connectivity index (χ1v) is 5.87. The topological polar surface area (TPSA) is 67.1 Å². The Bertz CT molecular complexity index is 459. The molecule has 1 fully saturated rings. The van der Waals surface area contributed by atoms with E-state index in [1.54, 1.807) is 0 Å². The lowest BCUT2D eigenvalue weighted by Gasteiger charge is -2.22. The van der Waals surface area contributed by atoms with Crippen LogP contribution in [0, 0.1) is 11.6 Å². The van der Waals surface area contributed by atoms with Gasteiger partial charge in [0.15, 0.2) is 11.6 Å². The molecule has 4 nitrogen and oxygen atoms in total. The number of hydrogen-bond acceptors (Lipinski definition) is 3. The van der Waals surface area contributed by atoms with Crippen LogP contribution in [0.1, 0.15) is 19.3 Å². The van der Waals surface area contributed by atoms with E-state index in [4.69, 9.17) is 5.73 Å². The van der Waals surface area contributed by atoms with Crippen molar-refractivity contribution >= 4 is 17.3 Å². The van der Waals surface area contributed by atoms with Crippen LogP contribution in [0.3, 0.4) is 0 Å². The van der Waals surface area contributed by atoms with Crippen molar-refractivity contribution in [1.82, 2.24) is 5.32 Å². The van der Waals surface area contributed by atoms with E-state index in [0.717, 1.165) is 31.9 Å². The molecular weight excluding hydrogens is 240 g/mol. The molecule has 4 N–H and O–H groups in total. The molecule has 18 heavy (non-hydrogen) atoms. The number of amides is 1. The molecule has 2 rings (SSSR count). The summed E-state index contributed by atoms with van der Waals surface area (Å²) in [4.78, 5) is 11.9. The summed E-state index contributed by atoms with van der Waals surface area (Å²) in [7, 11) is 0. The monoisotopic (exact) mass is 255 g/mol. The second kappa shape index (κ2) is 5.30. The molecule has 1 atom stereocenters. The van der Waals surface area contributed by atoms with Gasteiger partial charge in [0.2, 0.25) is 5.91 Å². The molecule has 0 aromatic heterocycles. The zero-order valence-corrected chi connectivity index (χ0v) is 9.80. The number of carbonyl (C=O) groups excluding carboxylic acids is 1. The molecule has 0 radical (unpaired) electrons. The smallest absolute Gasteiger partial charge is 0.241 e. The van der Waals surface area contributed by atoms with Crippen LogP contribution in [0.25, 0.3) is 0 Å². The minimum absolute atomic E-state index is 0.103. The van der Waals surface area contributed by atoms with Gasteiger partial charge in [-0.25, -0.2) is 8.78 Å². The van der Waals surface area contributed by atoms with Crippen LogP contribution < -0.4 is 16.4 Å². The lowest BCUT2D eigenvalue weighted by Crippen LogP contribution is -2.43. The summed E-state index contributed by atoms with van der Waals surface area (Å²) in [5.74, 6) is -2.43. The molecular formula is C12H15F2N3O. The first kappa shape index (κ1) is 12.8. The second-order valence-corrected chi connectivity index (χ2v) is 4.31. The van der Waals surface area contributed by atoms with Crippen molar-refractivity contribution in [1.29, 1.82) is 0 Å². The fourth-order valence-electron chi connectivity index (χ4n) is 1.97. The number of nitrogens with one attached hydrogen (secondary N) is 2. The first-order valence-electron chi connectivity index (χ1n) is 5.87. The average Bonchev–Trinajstić information content (AvgIpc) is 2.40. The van der Waals surface area contributed by atoms with Crippen LogP contribution >= 0.6 is 0 Å². The molecule has 6 heteroatoms. The van der Waals surface area contributed by atoms with E-state index in [2.05, 4.69) is 10.6 Å². The van der Waals surface area contributed by atoms with Crippen molar-refractivity contribution in [2.45, 2.75) is 25.3 Å². The summed E-state index contributed by atoms with van der Waals surface area (Å²) in [5.41, 5.74) is 5.14. The molecule has 0 saturated carbocycles. The first-order chi connectivity index (χ1) is 8.59. The predicted molar refractivity (Wildman–Crippen MR) is 65.0 cm³/mol. The standard InChI is InChI=1S/C12H15F2N3O/c13-7-4-5-8(11(15)10(7)14)17-12(18)9-3-1-2-6-16-9/h4-5,9,16H,1-3,6,15H2,(H,17,18).